The van der Waals surface area contributed by atoms with Crippen LogP contribution >= 0.6 is 11.6 Å². The molecule has 2 aliphatic rings. The second-order valence-electron chi connectivity index (χ2n) is 9.51. The van der Waals surface area contributed by atoms with Gasteiger partial charge >= 0.3 is 0 Å². The molecule has 4 rings (SSSR count). The van der Waals surface area contributed by atoms with Gasteiger partial charge in [0.2, 0.25) is 0 Å². The average molecular weight is 417 g/mol. The Kier molecular flexibility index (Phi) is 5.82. The smallest absolute Gasteiger partial charge is 0.0324 e. The highest BCUT2D eigenvalue weighted by Gasteiger charge is 2.52. The van der Waals surface area contributed by atoms with Gasteiger partial charge in [-0.3, -0.25) is 0 Å². The van der Waals surface area contributed by atoms with Crippen LogP contribution in [-0.4, -0.2) is 5.88 Å². The van der Waals surface area contributed by atoms with Crippen molar-refractivity contribution >= 4 is 11.6 Å². The van der Waals surface area contributed by atoms with E-state index < -0.39 is 0 Å². The highest BCUT2D eigenvalue weighted by Crippen LogP contribution is 2.62. The lowest BCUT2D eigenvalue weighted by Gasteiger charge is -2.53. The van der Waals surface area contributed by atoms with Crippen LogP contribution in [0.4, 0.5) is 0 Å². The van der Waals surface area contributed by atoms with Crippen molar-refractivity contribution in [3.63, 3.8) is 0 Å². The Morgan fingerprint density at radius 1 is 1.10 bits per heavy atom. The Morgan fingerprint density at radius 2 is 1.80 bits per heavy atom. The predicted molar refractivity (Wildman–Crippen MR) is 131 cm³/mol. The van der Waals surface area contributed by atoms with Crippen LogP contribution in [0.3, 0.4) is 0 Å². The van der Waals surface area contributed by atoms with E-state index in [0.29, 0.717) is 17.7 Å². The van der Waals surface area contributed by atoms with Crippen LogP contribution in [0.15, 0.2) is 85.0 Å². The molecule has 0 amide bonds. The molecule has 0 radical (unpaired) electrons. The Morgan fingerprint density at radius 3 is 2.47 bits per heavy atom. The lowest BCUT2D eigenvalue weighted by atomic mass is 9.51. The molecular formula is C29H33Cl. The lowest BCUT2D eigenvalue weighted by molar-refractivity contribution is 0.193. The molecular weight excluding hydrogens is 384 g/mol. The molecule has 0 nitrogen and oxygen atoms in total. The van der Waals surface area contributed by atoms with Gasteiger partial charge in [0.25, 0.3) is 0 Å². The maximum atomic E-state index is 6.87. The molecule has 2 aliphatic carbocycles. The molecule has 0 aromatic heterocycles. The minimum Gasteiger partial charge on any atom is -0.126 e. The van der Waals surface area contributed by atoms with Crippen LogP contribution in [0.2, 0.25) is 0 Å². The standard InChI is InChI=1S/C29H33Cl/c1-5-6-11-19-28(3,25-18-12-13-21(25)2)27-24-16-8-7-14-22(24)23-15-9-10-17-26(23)29(27,4)20-30/h5,7-10,12-18,21,27H,1,6,11,19-20H2,2-4H3. The number of halogens is 1. The largest absolute Gasteiger partial charge is 0.126 e. The van der Waals surface area contributed by atoms with E-state index in [1.807, 2.05) is 0 Å². The van der Waals surface area contributed by atoms with Crippen LogP contribution in [0.25, 0.3) is 11.1 Å². The van der Waals surface area contributed by atoms with Gasteiger partial charge in [0.15, 0.2) is 0 Å². The Balaban J connectivity index is 1.96. The van der Waals surface area contributed by atoms with E-state index in [0.717, 1.165) is 19.3 Å². The predicted octanol–water partition coefficient (Wildman–Crippen LogP) is 8.44. The Hall–Kier alpha value is -2.05. The minimum atomic E-state index is -0.140. The van der Waals surface area contributed by atoms with Gasteiger partial charge in [-0.15, -0.1) is 18.2 Å². The molecule has 0 aliphatic heterocycles. The molecule has 4 unspecified atom stereocenters. The van der Waals surface area contributed by atoms with Crippen LogP contribution in [0.5, 0.6) is 0 Å². The Labute approximate surface area is 187 Å². The number of rotatable bonds is 7. The number of allylic oxidation sites excluding steroid dienone is 5. The van der Waals surface area contributed by atoms with Gasteiger partial charge < -0.3 is 0 Å². The SMILES string of the molecule is C=CCCCC(C)(C1=CC=CC1C)C1c2ccccc2-c2ccccc2C1(C)CCl. The molecule has 156 valence electrons. The molecule has 2 aromatic carbocycles. The van der Waals surface area contributed by atoms with Crippen molar-refractivity contribution in [2.24, 2.45) is 11.3 Å². The number of hydrogen-bond donors (Lipinski definition) is 0. The van der Waals surface area contributed by atoms with Crippen molar-refractivity contribution in [2.45, 2.75) is 51.4 Å². The number of fused-ring (bicyclic) bond motifs is 3. The first-order valence-corrected chi connectivity index (χ1v) is 11.8. The fourth-order valence-corrected chi connectivity index (χ4v) is 6.56. The van der Waals surface area contributed by atoms with Gasteiger partial charge in [-0.1, -0.05) is 99.2 Å². The van der Waals surface area contributed by atoms with E-state index in [2.05, 4.69) is 100 Å². The summed E-state index contributed by atoms with van der Waals surface area (Å²) in [6.07, 6.45) is 12.3. The normalized spacial score (nSPS) is 26.5. The first-order chi connectivity index (χ1) is 14.5. The van der Waals surface area contributed by atoms with E-state index in [1.54, 1.807) is 5.57 Å². The Bertz CT molecular complexity index is 997. The summed E-state index contributed by atoms with van der Waals surface area (Å²) < 4.78 is 0. The lowest BCUT2D eigenvalue weighted by Crippen LogP contribution is -2.46. The summed E-state index contributed by atoms with van der Waals surface area (Å²) in [6.45, 7) is 11.2. The summed E-state index contributed by atoms with van der Waals surface area (Å²) >= 11 is 6.87. The maximum Gasteiger partial charge on any atom is 0.0324 e. The highest BCUT2D eigenvalue weighted by molar-refractivity contribution is 6.19. The van der Waals surface area contributed by atoms with Crippen LogP contribution in [-0.2, 0) is 5.41 Å². The topological polar surface area (TPSA) is 0 Å². The van der Waals surface area contributed by atoms with Gasteiger partial charge in [-0.25, -0.2) is 0 Å². The molecule has 0 spiro atoms. The molecule has 1 heteroatoms. The van der Waals surface area contributed by atoms with E-state index >= 15 is 0 Å². The zero-order chi connectivity index (χ0) is 21.4. The number of unbranched alkanes of at least 4 members (excludes halogenated alkanes) is 1. The summed E-state index contributed by atoms with van der Waals surface area (Å²) in [6, 6.07) is 17.9. The maximum absolute atomic E-state index is 6.87. The fourth-order valence-electron chi connectivity index (χ4n) is 6.26. The summed E-state index contributed by atoms with van der Waals surface area (Å²) in [7, 11) is 0. The number of benzene rings is 2. The first-order valence-electron chi connectivity index (χ1n) is 11.2. The van der Waals surface area contributed by atoms with Crippen molar-refractivity contribution in [1.82, 2.24) is 0 Å². The third-order valence-electron chi connectivity index (χ3n) is 7.59. The van der Waals surface area contributed by atoms with Crippen molar-refractivity contribution in [2.75, 3.05) is 5.88 Å². The van der Waals surface area contributed by atoms with Gasteiger partial charge in [-0.05, 0) is 52.8 Å². The summed E-state index contributed by atoms with van der Waals surface area (Å²) in [5.74, 6) is 1.38. The molecule has 0 fully saturated rings. The highest BCUT2D eigenvalue weighted by atomic mass is 35.5. The van der Waals surface area contributed by atoms with Gasteiger partial charge in [0.05, 0.1) is 0 Å². The summed E-state index contributed by atoms with van der Waals surface area (Å²) in [5, 5.41) is 0. The van der Waals surface area contributed by atoms with Crippen LogP contribution in [0.1, 0.15) is 57.1 Å². The van der Waals surface area contributed by atoms with E-state index in [4.69, 9.17) is 11.6 Å². The summed E-state index contributed by atoms with van der Waals surface area (Å²) in [5.41, 5.74) is 6.96. The first kappa shape index (κ1) is 21.2. The molecule has 30 heavy (non-hydrogen) atoms. The molecule has 4 atom stereocenters. The van der Waals surface area contributed by atoms with Crippen molar-refractivity contribution in [1.29, 1.82) is 0 Å². The second kappa shape index (κ2) is 8.23. The fraction of sp³-hybridized carbons (Fsp3) is 0.379. The van der Waals surface area contributed by atoms with Crippen molar-refractivity contribution < 1.29 is 0 Å². The van der Waals surface area contributed by atoms with E-state index in [1.165, 1.54) is 22.3 Å². The van der Waals surface area contributed by atoms with Gasteiger partial charge in [-0.2, -0.15) is 0 Å². The average Bonchev–Trinajstić information content (AvgIpc) is 3.21. The van der Waals surface area contributed by atoms with E-state index in [9.17, 15) is 0 Å². The van der Waals surface area contributed by atoms with Crippen molar-refractivity contribution in [3.8, 4) is 11.1 Å². The molecule has 0 heterocycles. The molecule has 0 saturated carbocycles. The monoisotopic (exact) mass is 416 g/mol. The molecule has 0 saturated heterocycles. The molecule has 0 N–H and O–H groups in total. The third kappa shape index (κ3) is 3.21. The van der Waals surface area contributed by atoms with E-state index in [-0.39, 0.29) is 10.8 Å². The quantitative estimate of drug-likeness (QED) is 0.241. The number of alkyl halides is 1. The third-order valence-corrected chi connectivity index (χ3v) is 8.14. The second-order valence-corrected chi connectivity index (χ2v) is 9.78. The number of hydrogen-bond acceptors (Lipinski definition) is 0. The zero-order valence-electron chi connectivity index (χ0n) is 18.5. The van der Waals surface area contributed by atoms with Crippen LogP contribution in [0, 0.1) is 11.3 Å². The van der Waals surface area contributed by atoms with Gasteiger partial charge in [0.1, 0.15) is 0 Å². The minimum absolute atomic E-state index is 0.0131. The van der Waals surface area contributed by atoms with Gasteiger partial charge in [0, 0.05) is 17.2 Å². The van der Waals surface area contributed by atoms with Crippen molar-refractivity contribution in [3.05, 3.63) is 96.1 Å². The summed E-state index contributed by atoms with van der Waals surface area (Å²) in [4.78, 5) is 0. The molecule has 2 aromatic rings. The van der Waals surface area contributed by atoms with Crippen LogP contribution < -0.4 is 0 Å². The molecule has 0 bridgehead atoms. The zero-order valence-corrected chi connectivity index (χ0v) is 19.3.